The number of amidine groups is 1. The number of aromatic nitrogens is 2. The average molecular weight is 580 g/mol. The summed E-state index contributed by atoms with van der Waals surface area (Å²) in [5.41, 5.74) is 2.13. The van der Waals surface area contributed by atoms with Gasteiger partial charge in [0.05, 0.1) is 5.70 Å². The van der Waals surface area contributed by atoms with E-state index in [1.807, 2.05) is 51.1 Å². The first kappa shape index (κ1) is 30.2. The van der Waals surface area contributed by atoms with E-state index in [1.165, 1.54) is 0 Å². The van der Waals surface area contributed by atoms with E-state index in [0.717, 1.165) is 80.0 Å². The molecule has 7 nitrogen and oxygen atoms in total. The molecule has 0 atom stereocenters. The van der Waals surface area contributed by atoms with Gasteiger partial charge in [0.25, 0.3) is 0 Å². The number of carbonyl (C=O) groups is 1. The number of hydrogen-bond donors (Lipinski definition) is 0. The summed E-state index contributed by atoms with van der Waals surface area (Å²) in [6, 6.07) is 7.67. The van der Waals surface area contributed by atoms with Crippen LogP contribution in [0.15, 0.2) is 44.8 Å². The summed E-state index contributed by atoms with van der Waals surface area (Å²) in [7, 11) is 0. The summed E-state index contributed by atoms with van der Waals surface area (Å²) in [6.07, 6.45) is 9.03. The van der Waals surface area contributed by atoms with E-state index in [1.54, 1.807) is 11.8 Å². The Hall–Kier alpha value is -3.23. The van der Waals surface area contributed by atoms with Crippen molar-refractivity contribution in [1.82, 2.24) is 10.1 Å². The number of anilines is 1. The Balaban J connectivity index is 0.00000173. The van der Waals surface area contributed by atoms with Crippen LogP contribution in [0.3, 0.4) is 0 Å². The van der Waals surface area contributed by atoms with Crippen molar-refractivity contribution in [3.05, 3.63) is 47.6 Å². The second kappa shape index (κ2) is 11.8. The van der Waals surface area contributed by atoms with Gasteiger partial charge in [-0.2, -0.15) is 4.98 Å². The molecule has 1 heterocycles. The van der Waals surface area contributed by atoms with Crippen LogP contribution >= 0.6 is 0 Å². The highest BCUT2D eigenvalue weighted by molar-refractivity contribution is 5.96. The first-order valence-electron chi connectivity index (χ1n) is 15.5. The number of fused-ring (bicyclic) bond motifs is 3. The summed E-state index contributed by atoms with van der Waals surface area (Å²) < 4.78 is 33.4. The highest BCUT2D eigenvalue weighted by atomic mass is 19.3. The van der Waals surface area contributed by atoms with E-state index in [-0.39, 0.29) is 29.6 Å². The Morgan fingerprint density at radius 2 is 1.81 bits per heavy atom. The maximum Gasteiger partial charge on any atom is 0.249 e. The molecule has 5 fully saturated rings. The van der Waals surface area contributed by atoms with Crippen LogP contribution in [0.4, 0.5) is 14.5 Å². The van der Waals surface area contributed by atoms with Crippen LogP contribution < -0.4 is 4.90 Å². The molecule has 42 heavy (non-hydrogen) atoms. The van der Waals surface area contributed by atoms with Gasteiger partial charge >= 0.3 is 0 Å². The van der Waals surface area contributed by atoms with E-state index in [2.05, 4.69) is 21.9 Å². The number of carbonyl (C=O) groups excluding carboxylic acids is 1. The minimum absolute atomic E-state index is 0.0655. The van der Waals surface area contributed by atoms with Gasteiger partial charge in [-0.3, -0.25) is 4.79 Å². The first-order chi connectivity index (χ1) is 20.1. The normalized spacial score (nSPS) is 27.1. The lowest BCUT2D eigenvalue weighted by Crippen LogP contribution is -2.53. The van der Waals surface area contributed by atoms with Crippen molar-refractivity contribution >= 4 is 29.8 Å². The monoisotopic (exact) mass is 579 g/mol. The fourth-order valence-electron chi connectivity index (χ4n) is 6.81. The van der Waals surface area contributed by atoms with Gasteiger partial charge < -0.3 is 9.42 Å². The van der Waals surface area contributed by atoms with E-state index in [9.17, 15) is 13.6 Å². The standard InChI is InChI=1S/C31H37F2N5O2.C2H6/c1-4-25(35-20(2)34-3)22-6-5-7-24(16-22)38(27(39)23-17-31(32,33)18-23)19-29-10-13-30(14-11-29,15-12-29)28-36-26(37-40-28)21-8-9-21;1-2/h4-7,16,21,23H,3,8-15,17-19H2,1-2H3;1-2H3/b25-4-,35-20?;. The Morgan fingerprint density at radius 3 is 2.38 bits per heavy atom. The molecule has 0 spiro atoms. The first-order valence-corrected chi connectivity index (χ1v) is 15.5. The van der Waals surface area contributed by atoms with E-state index >= 15 is 0 Å². The van der Waals surface area contributed by atoms with Gasteiger partial charge in [0.15, 0.2) is 5.82 Å². The molecule has 0 N–H and O–H groups in total. The van der Waals surface area contributed by atoms with Crippen LogP contribution in [0.5, 0.6) is 0 Å². The SMILES string of the molecule is C=NC(C)=N/C(=C\C)c1cccc(N(CC23CCC(c4nc(C5CC5)no4)(CC2)CC3)C(=O)C2CC(F)(F)C2)c1.CC. The summed E-state index contributed by atoms with van der Waals surface area (Å²) in [5, 5.41) is 4.27. The number of allylic oxidation sites excluding steroid dienone is 1. The fourth-order valence-corrected chi connectivity index (χ4v) is 6.81. The lowest BCUT2D eigenvalue weighted by molar-refractivity contribution is -0.148. The van der Waals surface area contributed by atoms with Crippen LogP contribution in [0.2, 0.25) is 0 Å². The predicted molar refractivity (Wildman–Crippen MR) is 162 cm³/mol. The van der Waals surface area contributed by atoms with Gasteiger partial charge in [-0.1, -0.05) is 37.2 Å². The molecule has 1 aromatic carbocycles. The second-order valence-corrected chi connectivity index (χ2v) is 12.4. The Morgan fingerprint density at radius 1 is 1.14 bits per heavy atom. The van der Waals surface area contributed by atoms with Crippen molar-refractivity contribution in [1.29, 1.82) is 0 Å². The quantitative estimate of drug-likeness (QED) is 0.234. The molecule has 7 rings (SSSR count). The van der Waals surface area contributed by atoms with Gasteiger partial charge in [0.1, 0.15) is 5.84 Å². The number of hydrogen-bond acceptors (Lipinski definition) is 5. The van der Waals surface area contributed by atoms with Crippen molar-refractivity contribution in [3.8, 4) is 0 Å². The highest BCUT2D eigenvalue weighted by Gasteiger charge is 2.55. The summed E-state index contributed by atoms with van der Waals surface area (Å²) >= 11 is 0. The number of nitrogens with zero attached hydrogens (tertiary/aromatic N) is 5. The van der Waals surface area contributed by atoms with E-state index in [4.69, 9.17) is 9.51 Å². The van der Waals surface area contributed by atoms with Crippen LogP contribution in [0.25, 0.3) is 5.70 Å². The molecule has 5 aliphatic rings. The number of alkyl halides is 2. The summed E-state index contributed by atoms with van der Waals surface area (Å²) in [6.45, 7) is 11.7. The zero-order valence-corrected chi connectivity index (χ0v) is 25.3. The van der Waals surface area contributed by atoms with E-state index < -0.39 is 11.8 Å². The van der Waals surface area contributed by atoms with Crippen LogP contribution in [-0.4, -0.2) is 41.1 Å². The van der Waals surface area contributed by atoms with Crippen LogP contribution in [0.1, 0.15) is 115 Å². The third kappa shape index (κ3) is 5.97. The molecule has 0 aliphatic heterocycles. The lowest BCUT2D eigenvalue weighted by atomic mass is 9.53. The molecule has 0 saturated heterocycles. The second-order valence-electron chi connectivity index (χ2n) is 12.4. The number of rotatable bonds is 8. The van der Waals surface area contributed by atoms with Gasteiger partial charge in [-0.05, 0) is 89.5 Å². The molecule has 0 radical (unpaired) electrons. The van der Waals surface area contributed by atoms with Gasteiger partial charge in [0, 0.05) is 47.9 Å². The van der Waals surface area contributed by atoms with E-state index in [0.29, 0.717) is 18.3 Å². The smallest absolute Gasteiger partial charge is 0.249 e. The maximum atomic E-state index is 13.8. The van der Waals surface area contributed by atoms with Crippen LogP contribution in [0, 0.1) is 11.3 Å². The largest absolute Gasteiger partial charge is 0.339 e. The topological polar surface area (TPSA) is 83.9 Å². The molecule has 226 valence electrons. The van der Waals surface area contributed by atoms with Gasteiger partial charge in [-0.25, -0.2) is 18.8 Å². The molecule has 1 amide bonds. The average Bonchev–Trinajstić information content (AvgIpc) is 3.74. The third-order valence-corrected chi connectivity index (χ3v) is 9.68. The molecule has 2 bridgehead atoms. The molecule has 9 heteroatoms. The van der Waals surface area contributed by atoms with Crippen molar-refractivity contribution < 1.29 is 18.1 Å². The summed E-state index contributed by atoms with van der Waals surface area (Å²) in [4.78, 5) is 28.8. The molecule has 2 aromatic rings. The minimum atomic E-state index is -2.76. The van der Waals surface area contributed by atoms with Crippen molar-refractivity contribution in [2.45, 2.75) is 109 Å². The third-order valence-electron chi connectivity index (χ3n) is 9.68. The molecular weight excluding hydrogens is 536 g/mol. The van der Waals surface area contributed by atoms with Gasteiger partial charge in [0.2, 0.25) is 17.7 Å². The Labute approximate surface area is 247 Å². The maximum absolute atomic E-state index is 13.8. The predicted octanol–water partition coefficient (Wildman–Crippen LogP) is 8.12. The molecular formula is C33H43F2N5O2. The molecule has 1 aromatic heterocycles. The number of aliphatic imine (C=N–C) groups is 2. The number of benzene rings is 1. The Bertz CT molecular complexity index is 1340. The fraction of sp³-hybridized carbons (Fsp3) is 0.606. The van der Waals surface area contributed by atoms with Crippen molar-refractivity contribution in [2.24, 2.45) is 21.3 Å². The minimum Gasteiger partial charge on any atom is -0.339 e. The van der Waals surface area contributed by atoms with Crippen LogP contribution in [-0.2, 0) is 10.2 Å². The van der Waals surface area contributed by atoms with Crippen molar-refractivity contribution in [2.75, 3.05) is 11.4 Å². The van der Waals surface area contributed by atoms with Crippen molar-refractivity contribution in [3.63, 3.8) is 0 Å². The zero-order valence-electron chi connectivity index (χ0n) is 25.3. The molecule has 0 unspecified atom stereocenters. The Kier molecular flexibility index (Phi) is 8.50. The molecule has 5 saturated carbocycles. The zero-order chi connectivity index (χ0) is 30.1. The summed E-state index contributed by atoms with van der Waals surface area (Å²) in [5.74, 6) is -0.992. The number of halogens is 2. The highest BCUT2D eigenvalue weighted by Crippen LogP contribution is 2.58. The molecule has 5 aliphatic carbocycles. The number of amides is 1. The van der Waals surface area contributed by atoms with Gasteiger partial charge in [-0.15, -0.1) is 0 Å². The lowest BCUT2D eigenvalue weighted by Gasteiger charge is -2.53.